The van der Waals surface area contributed by atoms with Crippen LogP contribution in [0.5, 0.6) is 0 Å². The van der Waals surface area contributed by atoms with E-state index < -0.39 is 20.0 Å². The zero-order chi connectivity index (χ0) is 57.2. The van der Waals surface area contributed by atoms with Crippen LogP contribution in [0.4, 0.5) is 0 Å². The summed E-state index contributed by atoms with van der Waals surface area (Å²) in [5.41, 5.74) is 0. The average Bonchev–Trinajstić information content (AvgIpc) is 3.40. The molecule has 0 heterocycles. The highest BCUT2D eigenvalue weighted by molar-refractivity contribution is 7.47. The highest BCUT2D eigenvalue weighted by Gasteiger charge is 2.30. The number of allylic oxidation sites excluding steroid dienone is 7. The van der Waals surface area contributed by atoms with Gasteiger partial charge in [0, 0.05) is 12.8 Å². The number of rotatable bonds is 61. The van der Waals surface area contributed by atoms with Crippen LogP contribution >= 0.6 is 7.82 Å². The number of hydrogen-bond acceptors (Lipinski definition) is 6. The Kier molecular flexibility index (Phi) is 56.7. The number of carbonyl (C=O) groups is 2. The van der Waals surface area contributed by atoms with Gasteiger partial charge < -0.3 is 19.4 Å². The van der Waals surface area contributed by atoms with Gasteiger partial charge >= 0.3 is 13.8 Å². The summed E-state index contributed by atoms with van der Waals surface area (Å²) in [4.78, 5) is 37.8. The van der Waals surface area contributed by atoms with E-state index in [2.05, 4.69) is 62.5 Å². The summed E-state index contributed by atoms with van der Waals surface area (Å²) in [5, 5.41) is 3.07. The third-order valence-electron chi connectivity index (χ3n) is 15.0. The summed E-state index contributed by atoms with van der Waals surface area (Å²) in [6.07, 6.45) is 72.5. The fourth-order valence-electron chi connectivity index (χ4n) is 9.83. The maximum atomic E-state index is 13.6. The summed E-state index contributed by atoms with van der Waals surface area (Å²) in [6, 6.07) is -0.849. The molecule has 3 unspecified atom stereocenters. The molecule has 0 aromatic heterocycles. The number of esters is 1. The number of unbranched alkanes of at least 4 members (excludes halogenated alkanes) is 39. The molecular weight excluding hydrogens is 988 g/mol. The third kappa shape index (κ3) is 58.6. The average molecular weight is 1120 g/mol. The Hall–Kier alpha value is -2.03. The number of hydrogen-bond donors (Lipinski definition) is 2. The number of carbonyl (C=O) groups excluding carboxylic acids is 2. The van der Waals surface area contributed by atoms with E-state index in [1.54, 1.807) is 0 Å². The fourth-order valence-corrected chi connectivity index (χ4v) is 10.6. The van der Waals surface area contributed by atoms with Crippen molar-refractivity contribution in [2.24, 2.45) is 0 Å². The first-order chi connectivity index (χ1) is 37.9. The number of likely N-dealkylation sites (N-methyl/N-ethyl adjacent to an activating group) is 1. The van der Waals surface area contributed by atoms with Crippen LogP contribution in [0.2, 0.25) is 0 Å². The number of ether oxygens (including phenoxy) is 1. The smallest absolute Gasteiger partial charge is 0.456 e. The molecule has 10 heteroatoms. The summed E-state index contributed by atoms with van der Waals surface area (Å²) in [6.45, 7) is 7.02. The van der Waals surface area contributed by atoms with Crippen molar-refractivity contribution in [1.82, 2.24) is 5.32 Å². The minimum atomic E-state index is -4.45. The number of phosphoric ester groups is 1. The second kappa shape index (κ2) is 58.2. The molecule has 0 rings (SSSR count). The van der Waals surface area contributed by atoms with Crippen LogP contribution in [-0.4, -0.2) is 74.3 Å². The highest BCUT2D eigenvalue weighted by Crippen LogP contribution is 2.43. The molecule has 0 fully saturated rings. The van der Waals surface area contributed by atoms with Crippen molar-refractivity contribution in [3.63, 3.8) is 0 Å². The van der Waals surface area contributed by atoms with Crippen molar-refractivity contribution in [1.29, 1.82) is 0 Å². The number of phosphoric acid groups is 1. The minimum absolute atomic E-state index is 0.0404. The van der Waals surface area contributed by atoms with Gasteiger partial charge in [0.1, 0.15) is 19.3 Å². The van der Waals surface area contributed by atoms with Crippen molar-refractivity contribution >= 4 is 19.7 Å². The van der Waals surface area contributed by atoms with Gasteiger partial charge in [0.2, 0.25) is 5.91 Å². The van der Waals surface area contributed by atoms with Gasteiger partial charge in [0.05, 0.1) is 33.8 Å². The lowest BCUT2D eigenvalue weighted by Gasteiger charge is -2.27. The Morgan fingerprint density at radius 1 is 0.449 bits per heavy atom. The third-order valence-corrected chi connectivity index (χ3v) is 16.0. The molecule has 0 saturated heterocycles. The van der Waals surface area contributed by atoms with Crippen molar-refractivity contribution in [3.8, 4) is 0 Å². The molecule has 0 saturated carbocycles. The van der Waals surface area contributed by atoms with Gasteiger partial charge in [-0.2, -0.15) is 0 Å². The zero-order valence-corrected chi connectivity index (χ0v) is 53.3. The van der Waals surface area contributed by atoms with Gasteiger partial charge in [-0.3, -0.25) is 18.6 Å². The standard InChI is InChI=1S/C68H129N2O7P/c1-7-10-13-16-19-22-25-28-30-32-34-35-37-39-41-43-46-49-52-55-58-61-68(72)77-66(59-56-53-50-47-44-27-24-21-18-15-12-9-3)65(64-76-78(73,74)75-63-62-70(4,5)6)69-67(71)60-57-54-51-48-45-42-40-38-36-33-31-29-26-23-20-17-14-11-8-2/h19,22,28,30,34-35,56,59,65-66H,7-18,20-21,23-27,29,31-33,36-55,57-58,60-64H2,1-6H3,(H-,69,71,73,74)/p+1/b22-19-,30-28-,35-34-,59-56+. The summed E-state index contributed by atoms with van der Waals surface area (Å²) < 4.78 is 30.8. The van der Waals surface area contributed by atoms with Gasteiger partial charge in [-0.1, -0.05) is 288 Å². The first kappa shape index (κ1) is 76.0. The van der Waals surface area contributed by atoms with Gasteiger partial charge in [-0.15, -0.1) is 0 Å². The highest BCUT2D eigenvalue weighted by atomic mass is 31.2. The van der Waals surface area contributed by atoms with Gasteiger partial charge in [-0.05, 0) is 70.3 Å². The van der Waals surface area contributed by atoms with Crippen molar-refractivity contribution < 1.29 is 37.3 Å². The molecule has 0 aromatic carbocycles. The molecule has 3 atom stereocenters. The summed E-state index contributed by atoms with van der Waals surface area (Å²) >= 11 is 0. The zero-order valence-electron chi connectivity index (χ0n) is 52.4. The lowest BCUT2D eigenvalue weighted by Crippen LogP contribution is -2.47. The van der Waals surface area contributed by atoms with E-state index in [0.717, 1.165) is 83.5 Å². The SMILES string of the molecule is CCCCC/C=C\C/C=C\C/C=C\CCCCCCCCCCC(=O)OC(/C=C/CCCCCCCCCCCC)C(COP(=O)(O)OCC[N+](C)(C)C)NC(=O)CCCCCCCCCCCCCCCCCCCCC. The fraction of sp³-hybridized carbons (Fsp3) is 0.853. The van der Waals surface area contributed by atoms with Crippen molar-refractivity contribution in [2.75, 3.05) is 40.9 Å². The topological polar surface area (TPSA) is 111 Å². The number of nitrogens with zero attached hydrogens (tertiary/aromatic N) is 1. The maximum Gasteiger partial charge on any atom is 0.472 e. The molecule has 0 aliphatic rings. The van der Waals surface area contributed by atoms with Crippen LogP contribution in [0.25, 0.3) is 0 Å². The Labute approximate surface area is 484 Å². The monoisotopic (exact) mass is 1120 g/mol. The van der Waals surface area contributed by atoms with Crippen LogP contribution in [0.1, 0.15) is 323 Å². The van der Waals surface area contributed by atoms with E-state index in [9.17, 15) is 19.0 Å². The Balaban J connectivity index is 5.16. The second-order valence-electron chi connectivity index (χ2n) is 24.0. The molecule has 0 aliphatic carbocycles. The van der Waals surface area contributed by atoms with E-state index in [1.807, 2.05) is 33.3 Å². The molecule has 2 N–H and O–H groups in total. The van der Waals surface area contributed by atoms with Crippen LogP contribution in [0, 0.1) is 0 Å². The Morgan fingerprint density at radius 2 is 0.782 bits per heavy atom. The first-order valence-electron chi connectivity index (χ1n) is 33.5. The molecule has 458 valence electrons. The Morgan fingerprint density at radius 3 is 1.19 bits per heavy atom. The predicted octanol–water partition coefficient (Wildman–Crippen LogP) is 20.8. The molecule has 78 heavy (non-hydrogen) atoms. The Bertz CT molecular complexity index is 1470. The molecule has 0 aliphatic heterocycles. The minimum Gasteiger partial charge on any atom is -0.456 e. The lowest BCUT2D eigenvalue weighted by molar-refractivity contribution is -0.870. The van der Waals surface area contributed by atoms with E-state index in [-0.39, 0.29) is 31.5 Å². The van der Waals surface area contributed by atoms with Crippen molar-refractivity contribution in [3.05, 3.63) is 48.6 Å². The molecular formula is C68H130N2O7P+. The van der Waals surface area contributed by atoms with E-state index in [0.29, 0.717) is 17.4 Å². The normalized spacial score (nSPS) is 13.9. The van der Waals surface area contributed by atoms with Gasteiger partial charge in [-0.25, -0.2) is 4.57 Å². The molecule has 0 radical (unpaired) electrons. The van der Waals surface area contributed by atoms with Crippen LogP contribution in [-0.2, 0) is 27.9 Å². The predicted molar refractivity (Wildman–Crippen MR) is 337 cm³/mol. The molecule has 9 nitrogen and oxygen atoms in total. The molecule has 0 bridgehead atoms. The van der Waals surface area contributed by atoms with E-state index in [1.165, 1.54) is 205 Å². The number of nitrogens with one attached hydrogen (secondary N) is 1. The number of quaternary nitrogens is 1. The van der Waals surface area contributed by atoms with Gasteiger partial charge in [0.15, 0.2) is 0 Å². The summed E-state index contributed by atoms with van der Waals surface area (Å²) in [7, 11) is 1.50. The summed E-state index contributed by atoms with van der Waals surface area (Å²) in [5.74, 6) is -0.499. The van der Waals surface area contributed by atoms with E-state index in [4.69, 9.17) is 13.8 Å². The second-order valence-corrected chi connectivity index (χ2v) is 25.5. The van der Waals surface area contributed by atoms with E-state index >= 15 is 0 Å². The lowest BCUT2D eigenvalue weighted by atomic mass is 10.0. The largest absolute Gasteiger partial charge is 0.472 e. The molecule has 0 spiro atoms. The number of amides is 1. The maximum absolute atomic E-state index is 13.6. The first-order valence-corrected chi connectivity index (χ1v) is 35.0. The molecule has 0 aromatic rings. The van der Waals surface area contributed by atoms with Crippen LogP contribution < -0.4 is 5.32 Å². The molecule has 1 amide bonds. The van der Waals surface area contributed by atoms with Gasteiger partial charge in [0.25, 0.3) is 0 Å². The van der Waals surface area contributed by atoms with Crippen LogP contribution in [0.15, 0.2) is 48.6 Å². The van der Waals surface area contributed by atoms with Crippen molar-refractivity contribution in [2.45, 2.75) is 335 Å². The quantitative estimate of drug-likeness (QED) is 0.0205. The van der Waals surface area contributed by atoms with Crippen LogP contribution in [0.3, 0.4) is 0 Å².